The van der Waals surface area contributed by atoms with Gasteiger partial charge in [-0.2, -0.15) is 0 Å². The zero-order valence-electron chi connectivity index (χ0n) is 11.6. The third-order valence-electron chi connectivity index (χ3n) is 2.92. The van der Waals surface area contributed by atoms with Gasteiger partial charge in [0.2, 0.25) is 0 Å². The molecule has 7 nitrogen and oxygen atoms in total. The second-order valence-electron chi connectivity index (χ2n) is 4.33. The van der Waals surface area contributed by atoms with Crippen LogP contribution in [0, 0.1) is 0 Å². The lowest BCUT2D eigenvalue weighted by Gasteiger charge is -2.18. The number of nitrogens with one attached hydrogen (secondary N) is 1. The Morgan fingerprint density at radius 3 is 2.82 bits per heavy atom. The number of carbonyl (C=O) groups is 2. The summed E-state index contributed by atoms with van der Waals surface area (Å²) < 4.78 is 15.4. The fourth-order valence-electron chi connectivity index (χ4n) is 1.88. The molecular formula is C14H12N2O5S. The highest BCUT2D eigenvalue weighted by atomic mass is 32.1. The smallest absolute Gasteiger partial charge is 0.349 e. The Bertz CT molecular complexity index is 728. The van der Waals surface area contributed by atoms with E-state index in [2.05, 4.69) is 15.0 Å². The zero-order chi connectivity index (χ0) is 15.5. The summed E-state index contributed by atoms with van der Waals surface area (Å²) in [6, 6.07) is 4.93. The Hall–Kier alpha value is -2.61. The highest BCUT2D eigenvalue weighted by molar-refractivity contribution is 7.17. The van der Waals surface area contributed by atoms with Crippen LogP contribution in [0.25, 0.3) is 0 Å². The average Bonchev–Trinajstić information content (AvgIpc) is 3.02. The molecule has 0 aliphatic carbocycles. The molecule has 0 saturated carbocycles. The molecule has 114 valence electrons. The van der Waals surface area contributed by atoms with Crippen LogP contribution in [0.2, 0.25) is 0 Å². The number of hydrogen-bond donors (Lipinski definition) is 1. The van der Waals surface area contributed by atoms with Crippen molar-refractivity contribution in [2.75, 3.05) is 25.6 Å². The van der Waals surface area contributed by atoms with Gasteiger partial charge in [-0.1, -0.05) is 11.3 Å². The van der Waals surface area contributed by atoms with Crippen molar-refractivity contribution in [2.24, 2.45) is 0 Å². The lowest BCUT2D eigenvalue weighted by atomic mass is 10.2. The lowest BCUT2D eigenvalue weighted by Crippen LogP contribution is -2.17. The van der Waals surface area contributed by atoms with E-state index < -0.39 is 5.97 Å². The number of carbonyl (C=O) groups excluding carboxylic acids is 2. The summed E-state index contributed by atoms with van der Waals surface area (Å²) in [6.45, 7) is 0.945. The maximum Gasteiger partial charge on any atom is 0.349 e. The lowest BCUT2D eigenvalue weighted by molar-refractivity contribution is 0.0606. The number of thiazole rings is 1. The Morgan fingerprint density at radius 2 is 2.05 bits per heavy atom. The first-order chi connectivity index (χ1) is 10.7. The largest absolute Gasteiger partial charge is 0.486 e. The van der Waals surface area contributed by atoms with Crippen molar-refractivity contribution in [1.82, 2.24) is 4.98 Å². The van der Waals surface area contributed by atoms with Gasteiger partial charge in [0.15, 0.2) is 16.6 Å². The monoisotopic (exact) mass is 320 g/mol. The normalized spacial score (nSPS) is 12.6. The number of benzene rings is 1. The second kappa shape index (κ2) is 6.02. The first-order valence-electron chi connectivity index (χ1n) is 6.42. The van der Waals surface area contributed by atoms with E-state index in [0.717, 1.165) is 11.3 Å². The molecule has 3 rings (SSSR count). The predicted molar refractivity (Wildman–Crippen MR) is 78.8 cm³/mol. The Labute approximate surface area is 129 Å². The number of fused-ring (bicyclic) bond motifs is 1. The van der Waals surface area contributed by atoms with E-state index in [4.69, 9.17) is 9.47 Å². The summed E-state index contributed by atoms with van der Waals surface area (Å²) in [5.74, 6) is 0.318. The SMILES string of the molecule is COC(=O)c1cnc(NC(=O)c2ccc3c(c2)OCCO3)s1. The van der Waals surface area contributed by atoms with Crippen LogP contribution >= 0.6 is 11.3 Å². The number of aromatic nitrogens is 1. The molecule has 1 amide bonds. The maximum absolute atomic E-state index is 12.2. The summed E-state index contributed by atoms with van der Waals surface area (Å²) >= 11 is 1.04. The van der Waals surface area contributed by atoms with Gasteiger partial charge in [-0.15, -0.1) is 0 Å². The van der Waals surface area contributed by atoms with Crippen molar-refractivity contribution in [3.05, 3.63) is 34.8 Å². The minimum Gasteiger partial charge on any atom is -0.486 e. The van der Waals surface area contributed by atoms with Gasteiger partial charge < -0.3 is 14.2 Å². The van der Waals surface area contributed by atoms with Crippen LogP contribution in [0.3, 0.4) is 0 Å². The zero-order valence-corrected chi connectivity index (χ0v) is 12.4. The number of esters is 1. The molecule has 22 heavy (non-hydrogen) atoms. The predicted octanol–water partition coefficient (Wildman–Crippen LogP) is 1.95. The van der Waals surface area contributed by atoms with E-state index in [9.17, 15) is 9.59 Å². The fourth-order valence-corrected chi connectivity index (χ4v) is 2.61. The van der Waals surface area contributed by atoms with Crippen molar-refractivity contribution in [3.63, 3.8) is 0 Å². The van der Waals surface area contributed by atoms with Crippen LogP contribution in [-0.2, 0) is 4.74 Å². The fraction of sp³-hybridized carbons (Fsp3) is 0.214. The number of hydrogen-bond acceptors (Lipinski definition) is 7. The molecule has 1 aliphatic rings. The molecule has 0 radical (unpaired) electrons. The molecule has 2 heterocycles. The number of amides is 1. The quantitative estimate of drug-likeness (QED) is 0.870. The first-order valence-corrected chi connectivity index (χ1v) is 7.24. The van der Waals surface area contributed by atoms with Crippen LogP contribution < -0.4 is 14.8 Å². The summed E-state index contributed by atoms with van der Waals surface area (Å²) in [5, 5.41) is 2.95. The third kappa shape index (κ3) is 2.86. The molecule has 1 aliphatic heterocycles. The minimum absolute atomic E-state index is 0.319. The van der Waals surface area contributed by atoms with Gasteiger partial charge in [0.05, 0.1) is 13.3 Å². The molecule has 0 atom stereocenters. The Morgan fingerprint density at radius 1 is 1.27 bits per heavy atom. The van der Waals surface area contributed by atoms with Gasteiger partial charge in [0, 0.05) is 5.56 Å². The van der Waals surface area contributed by atoms with Crippen molar-refractivity contribution in [2.45, 2.75) is 0 Å². The van der Waals surface area contributed by atoms with Crippen molar-refractivity contribution < 1.29 is 23.8 Å². The van der Waals surface area contributed by atoms with E-state index in [-0.39, 0.29) is 5.91 Å². The van der Waals surface area contributed by atoms with Crippen molar-refractivity contribution >= 4 is 28.3 Å². The van der Waals surface area contributed by atoms with Gasteiger partial charge in [-0.25, -0.2) is 9.78 Å². The first kappa shape index (κ1) is 14.3. The van der Waals surface area contributed by atoms with Gasteiger partial charge in [-0.3, -0.25) is 10.1 Å². The molecule has 1 aromatic carbocycles. The molecule has 1 aromatic heterocycles. The maximum atomic E-state index is 12.2. The number of anilines is 1. The molecular weight excluding hydrogens is 308 g/mol. The number of nitrogens with zero attached hydrogens (tertiary/aromatic N) is 1. The Kier molecular flexibility index (Phi) is 3.92. The molecule has 0 fully saturated rings. The minimum atomic E-state index is -0.489. The summed E-state index contributed by atoms with van der Waals surface area (Å²) in [5.41, 5.74) is 0.416. The summed E-state index contributed by atoms with van der Waals surface area (Å²) in [6.07, 6.45) is 1.36. The number of ether oxygens (including phenoxy) is 3. The van der Waals surface area contributed by atoms with Crippen molar-refractivity contribution in [3.8, 4) is 11.5 Å². The molecule has 0 unspecified atom stereocenters. The van der Waals surface area contributed by atoms with Gasteiger partial charge in [0.1, 0.15) is 18.1 Å². The third-order valence-corrected chi connectivity index (χ3v) is 3.81. The molecule has 8 heteroatoms. The standard InChI is InChI=1S/C14H12N2O5S/c1-19-13(18)11-7-15-14(22-11)16-12(17)8-2-3-9-10(6-8)21-5-4-20-9/h2-3,6-7H,4-5H2,1H3,(H,15,16,17). The van der Waals surface area contributed by atoms with E-state index in [1.54, 1.807) is 18.2 Å². The van der Waals surface area contributed by atoms with Gasteiger partial charge in [-0.05, 0) is 18.2 Å². The molecule has 1 N–H and O–H groups in total. The molecule has 0 saturated heterocycles. The molecule has 0 spiro atoms. The van der Waals surface area contributed by atoms with Crippen LogP contribution in [0.15, 0.2) is 24.4 Å². The Balaban J connectivity index is 1.74. The van der Waals surface area contributed by atoms with Gasteiger partial charge in [0.25, 0.3) is 5.91 Å². The van der Waals surface area contributed by atoms with E-state index in [0.29, 0.717) is 40.3 Å². The average molecular weight is 320 g/mol. The topological polar surface area (TPSA) is 86.8 Å². The van der Waals surface area contributed by atoms with Crippen LogP contribution in [0.4, 0.5) is 5.13 Å². The highest BCUT2D eigenvalue weighted by Gasteiger charge is 2.17. The second-order valence-corrected chi connectivity index (χ2v) is 5.36. The van der Waals surface area contributed by atoms with E-state index in [1.165, 1.54) is 13.3 Å². The van der Waals surface area contributed by atoms with Gasteiger partial charge >= 0.3 is 5.97 Å². The van der Waals surface area contributed by atoms with Crippen molar-refractivity contribution in [1.29, 1.82) is 0 Å². The van der Waals surface area contributed by atoms with E-state index in [1.807, 2.05) is 0 Å². The molecule has 0 bridgehead atoms. The number of methoxy groups -OCH3 is 1. The van der Waals surface area contributed by atoms with Crippen LogP contribution in [0.1, 0.15) is 20.0 Å². The molecule has 2 aromatic rings. The summed E-state index contributed by atoms with van der Waals surface area (Å²) in [7, 11) is 1.29. The highest BCUT2D eigenvalue weighted by Crippen LogP contribution is 2.31. The summed E-state index contributed by atoms with van der Waals surface area (Å²) in [4.78, 5) is 27.8. The number of rotatable bonds is 3. The van der Waals surface area contributed by atoms with E-state index >= 15 is 0 Å². The van der Waals surface area contributed by atoms with Crippen LogP contribution in [-0.4, -0.2) is 37.2 Å². The van der Waals surface area contributed by atoms with Crippen LogP contribution in [0.5, 0.6) is 11.5 Å².